The van der Waals surface area contributed by atoms with Crippen molar-refractivity contribution < 1.29 is 9.53 Å². The molecular formula is C12H15Cl2NO2. The van der Waals surface area contributed by atoms with Gasteiger partial charge in [0.15, 0.2) is 0 Å². The molecule has 0 atom stereocenters. The average molecular weight is 276 g/mol. The van der Waals surface area contributed by atoms with Crippen molar-refractivity contribution in [2.45, 2.75) is 6.42 Å². The molecule has 1 aromatic rings. The Bertz CT molecular complexity index is 358. The molecule has 1 amide bonds. The van der Waals surface area contributed by atoms with Crippen molar-refractivity contribution in [3.05, 3.63) is 34.9 Å². The Morgan fingerprint density at radius 3 is 2.88 bits per heavy atom. The molecule has 1 rings (SSSR count). The molecule has 3 nitrogen and oxygen atoms in total. The van der Waals surface area contributed by atoms with Gasteiger partial charge < -0.3 is 10.1 Å². The van der Waals surface area contributed by atoms with Crippen molar-refractivity contribution in [2.75, 3.05) is 25.6 Å². The summed E-state index contributed by atoms with van der Waals surface area (Å²) in [4.78, 5) is 11.7. The predicted molar refractivity (Wildman–Crippen MR) is 69.9 cm³/mol. The van der Waals surface area contributed by atoms with Gasteiger partial charge in [-0.05, 0) is 24.6 Å². The quantitative estimate of drug-likeness (QED) is 0.614. The number of alkyl halides is 1. The van der Waals surface area contributed by atoms with Crippen LogP contribution in [-0.4, -0.2) is 31.5 Å². The van der Waals surface area contributed by atoms with Gasteiger partial charge in [-0.1, -0.05) is 17.7 Å². The molecule has 0 unspecified atom stereocenters. The van der Waals surface area contributed by atoms with Crippen LogP contribution in [-0.2, 0) is 4.74 Å². The third-order valence-corrected chi connectivity index (χ3v) is 2.45. The summed E-state index contributed by atoms with van der Waals surface area (Å²) in [6.07, 6.45) is 0.767. The number of nitrogens with one attached hydrogen (secondary N) is 1. The molecule has 1 N–H and O–H groups in total. The van der Waals surface area contributed by atoms with E-state index in [2.05, 4.69) is 5.32 Å². The topological polar surface area (TPSA) is 38.3 Å². The Morgan fingerprint density at radius 2 is 2.18 bits per heavy atom. The minimum Gasteiger partial charge on any atom is -0.380 e. The van der Waals surface area contributed by atoms with Crippen LogP contribution in [0.2, 0.25) is 5.02 Å². The zero-order chi connectivity index (χ0) is 12.5. The molecule has 0 aliphatic carbocycles. The second kappa shape index (κ2) is 8.34. The number of rotatable bonds is 7. The summed E-state index contributed by atoms with van der Waals surface area (Å²) in [5, 5.41) is 3.35. The van der Waals surface area contributed by atoms with E-state index in [1.807, 2.05) is 0 Å². The van der Waals surface area contributed by atoms with Gasteiger partial charge in [-0.15, -0.1) is 11.6 Å². The molecule has 5 heteroatoms. The van der Waals surface area contributed by atoms with E-state index in [1.54, 1.807) is 24.3 Å². The first-order valence-corrected chi connectivity index (χ1v) is 6.33. The van der Waals surface area contributed by atoms with Crippen molar-refractivity contribution in [1.82, 2.24) is 5.32 Å². The maximum atomic E-state index is 11.7. The maximum absolute atomic E-state index is 11.7. The van der Waals surface area contributed by atoms with Crippen LogP contribution in [0.15, 0.2) is 24.3 Å². The molecule has 0 saturated heterocycles. The van der Waals surface area contributed by atoms with Crippen LogP contribution in [0.5, 0.6) is 0 Å². The van der Waals surface area contributed by atoms with Crippen LogP contribution >= 0.6 is 23.2 Å². The van der Waals surface area contributed by atoms with E-state index in [-0.39, 0.29) is 5.91 Å². The van der Waals surface area contributed by atoms with Gasteiger partial charge in [0.25, 0.3) is 5.91 Å². The first-order valence-electron chi connectivity index (χ1n) is 5.41. The second-order valence-corrected chi connectivity index (χ2v) is 4.24. The Kier molecular flexibility index (Phi) is 7.01. The normalized spacial score (nSPS) is 10.2. The molecule has 94 valence electrons. The molecule has 0 heterocycles. The zero-order valence-corrected chi connectivity index (χ0v) is 10.9. The number of benzene rings is 1. The van der Waals surface area contributed by atoms with Gasteiger partial charge in [0.2, 0.25) is 0 Å². The van der Waals surface area contributed by atoms with Gasteiger partial charge in [-0.3, -0.25) is 4.79 Å². The molecule has 1 aromatic carbocycles. The lowest BCUT2D eigenvalue weighted by Gasteiger charge is -2.05. The van der Waals surface area contributed by atoms with E-state index >= 15 is 0 Å². The number of carbonyl (C=O) groups excluding carboxylic acids is 1. The van der Waals surface area contributed by atoms with Crippen LogP contribution in [0, 0.1) is 0 Å². The summed E-state index contributed by atoms with van der Waals surface area (Å²) in [5.74, 6) is 0.374. The SMILES string of the molecule is O=C(NCCCOCCCl)c1cccc(Cl)c1. The molecule has 0 aliphatic heterocycles. The molecule has 0 fully saturated rings. The van der Waals surface area contributed by atoms with Gasteiger partial charge in [0.05, 0.1) is 6.61 Å². The molecule has 0 spiro atoms. The van der Waals surface area contributed by atoms with Crippen LogP contribution in [0.4, 0.5) is 0 Å². The van der Waals surface area contributed by atoms with E-state index < -0.39 is 0 Å². The minimum absolute atomic E-state index is 0.121. The van der Waals surface area contributed by atoms with Crippen molar-refractivity contribution in [3.63, 3.8) is 0 Å². The number of hydrogen-bond acceptors (Lipinski definition) is 2. The Morgan fingerprint density at radius 1 is 1.35 bits per heavy atom. The van der Waals surface area contributed by atoms with Gasteiger partial charge in [-0.2, -0.15) is 0 Å². The monoisotopic (exact) mass is 275 g/mol. The van der Waals surface area contributed by atoms with E-state index in [1.165, 1.54) is 0 Å². The van der Waals surface area contributed by atoms with E-state index in [4.69, 9.17) is 27.9 Å². The summed E-state index contributed by atoms with van der Waals surface area (Å²) in [5.41, 5.74) is 0.569. The summed E-state index contributed by atoms with van der Waals surface area (Å²) in [7, 11) is 0. The fraction of sp³-hybridized carbons (Fsp3) is 0.417. The highest BCUT2D eigenvalue weighted by Gasteiger charge is 2.04. The number of carbonyl (C=O) groups is 1. The van der Waals surface area contributed by atoms with Crippen LogP contribution in [0.25, 0.3) is 0 Å². The van der Waals surface area contributed by atoms with Crippen molar-refractivity contribution in [3.8, 4) is 0 Å². The van der Waals surface area contributed by atoms with E-state index in [9.17, 15) is 4.79 Å². The highest BCUT2D eigenvalue weighted by molar-refractivity contribution is 6.30. The highest BCUT2D eigenvalue weighted by Crippen LogP contribution is 2.10. The zero-order valence-electron chi connectivity index (χ0n) is 9.42. The van der Waals surface area contributed by atoms with Crippen molar-refractivity contribution in [1.29, 1.82) is 0 Å². The molecule has 17 heavy (non-hydrogen) atoms. The summed E-state index contributed by atoms with van der Waals surface area (Å²) in [6.45, 7) is 1.72. The summed E-state index contributed by atoms with van der Waals surface area (Å²) in [6, 6.07) is 6.85. The van der Waals surface area contributed by atoms with Crippen molar-refractivity contribution in [2.24, 2.45) is 0 Å². The third kappa shape index (κ3) is 5.91. The highest BCUT2D eigenvalue weighted by atomic mass is 35.5. The Labute approximate surface area is 111 Å². The van der Waals surface area contributed by atoms with Gasteiger partial charge >= 0.3 is 0 Å². The van der Waals surface area contributed by atoms with Gasteiger partial charge in [0.1, 0.15) is 0 Å². The minimum atomic E-state index is -0.121. The second-order valence-electron chi connectivity index (χ2n) is 3.42. The lowest BCUT2D eigenvalue weighted by molar-refractivity contribution is 0.0944. The smallest absolute Gasteiger partial charge is 0.251 e. The van der Waals surface area contributed by atoms with Crippen molar-refractivity contribution >= 4 is 29.1 Å². The standard InChI is InChI=1S/C12H15Cl2NO2/c13-5-8-17-7-2-6-15-12(16)10-3-1-4-11(14)9-10/h1,3-4,9H,2,5-8H2,(H,15,16). The number of hydrogen-bond donors (Lipinski definition) is 1. The fourth-order valence-corrected chi connectivity index (χ4v) is 1.56. The lowest BCUT2D eigenvalue weighted by atomic mass is 10.2. The summed E-state index contributed by atoms with van der Waals surface area (Å²) >= 11 is 11.2. The summed E-state index contributed by atoms with van der Waals surface area (Å²) < 4.78 is 5.19. The van der Waals surface area contributed by atoms with E-state index in [0.717, 1.165) is 6.42 Å². The number of amides is 1. The fourth-order valence-electron chi connectivity index (χ4n) is 1.26. The first kappa shape index (κ1) is 14.3. The third-order valence-electron chi connectivity index (χ3n) is 2.06. The number of ether oxygens (including phenoxy) is 1. The first-order chi connectivity index (χ1) is 8.24. The van der Waals surface area contributed by atoms with Crippen LogP contribution < -0.4 is 5.32 Å². The van der Waals surface area contributed by atoms with Gasteiger partial charge in [-0.25, -0.2) is 0 Å². The van der Waals surface area contributed by atoms with Crippen LogP contribution in [0.1, 0.15) is 16.8 Å². The Balaban J connectivity index is 2.21. The number of halogens is 2. The molecule has 0 aliphatic rings. The largest absolute Gasteiger partial charge is 0.380 e. The molecule has 0 radical (unpaired) electrons. The molecule has 0 bridgehead atoms. The molecular weight excluding hydrogens is 261 g/mol. The van der Waals surface area contributed by atoms with Crippen LogP contribution in [0.3, 0.4) is 0 Å². The average Bonchev–Trinajstić information content (AvgIpc) is 2.33. The molecule has 0 aromatic heterocycles. The van der Waals surface area contributed by atoms with Gasteiger partial charge in [0, 0.05) is 29.6 Å². The molecule has 0 saturated carbocycles. The Hall–Kier alpha value is -0.770. The van der Waals surface area contributed by atoms with E-state index in [0.29, 0.717) is 36.2 Å². The maximum Gasteiger partial charge on any atom is 0.251 e. The predicted octanol–water partition coefficient (Wildman–Crippen LogP) is 2.72. The lowest BCUT2D eigenvalue weighted by Crippen LogP contribution is -2.25.